The average Bonchev–Trinajstić information content (AvgIpc) is 2.24. The van der Waals surface area contributed by atoms with E-state index in [2.05, 4.69) is 13.8 Å². The van der Waals surface area contributed by atoms with Gasteiger partial charge in [0.05, 0.1) is 0 Å². The molecule has 2 fully saturated rings. The van der Waals surface area contributed by atoms with Gasteiger partial charge in [-0.05, 0) is 37.5 Å². The van der Waals surface area contributed by atoms with Crippen LogP contribution < -0.4 is 5.73 Å². The van der Waals surface area contributed by atoms with Gasteiger partial charge >= 0.3 is 0 Å². The highest BCUT2D eigenvalue weighted by Gasteiger charge is 2.34. The van der Waals surface area contributed by atoms with Gasteiger partial charge in [-0.15, -0.1) is 0 Å². The van der Waals surface area contributed by atoms with Crippen LogP contribution in [0, 0.1) is 17.8 Å². The Labute approximate surface area is 98.4 Å². The van der Waals surface area contributed by atoms with Crippen LogP contribution in [0.3, 0.4) is 0 Å². The molecule has 1 heterocycles. The topological polar surface area (TPSA) is 46.3 Å². The molecule has 0 unspecified atom stereocenters. The summed E-state index contributed by atoms with van der Waals surface area (Å²) in [5, 5.41) is 0. The van der Waals surface area contributed by atoms with E-state index in [-0.39, 0.29) is 6.04 Å². The van der Waals surface area contributed by atoms with Crippen LogP contribution >= 0.6 is 0 Å². The number of carbonyl (C=O) groups is 1. The van der Waals surface area contributed by atoms with Crippen LogP contribution in [0.2, 0.25) is 0 Å². The number of amides is 1. The van der Waals surface area contributed by atoms with Crippen LogP contribution in [-0.4, -0.2) is 29.9 Å². The van der Waals surface area contributed by atoms with Gasteiger partial charge in [-0.2, -0.15) is 0 Å². The SMILES string of the molecule is CC(C)C1CCC(C(=O)N2CC(N)C2)CC1. The van der Waals surface area contributed by atoms with Crippen molar-refractivity contribution in [3.63, 3.8) is 0 Å². The van der Waals surface area contributed by atoms with Gasteiger partial charge in [0.2, 0.25) is 5.91 Å². The molecular weight excluding hydrogens is 200 g/mol. The lowest BCUT2D eigenvalue weighted by Crippen LogP contribution is -2.59. The molecule has 16 heavy (non-hydrogen) atoms. The van der Waals surface area contributed by atoms with Crippen LogP contribution in [-0.2, 0) is 4.79 Å². The molecular formula is C13H24N2O. The second kappa shape index (κ2) is 4.74. The minimum Gasteiger partial charge on any atom is -0.339 e. The molecule has 1 aliphatic carbocycles. The van der Waals surface area contributed by atoms with Crippen molar-refractivity contribution in [3.8, 4) is 0 Å². The molecule has 1 aliphatic heterocycles. The van der Waals surface area contributed by atoms with Crippen molar-refractivity contribution < 1.29 is 4.79 Å². The smallest absolute Gasteiger partial charge is 0.225 e. The first-order valence-electron chi connectivity index (χ1n) is 6.62. The molecule has 2 N–H and O–H groups in total. The highest BCUT2D eigenvalue weighted by Crippen LogP contribution is 2.34. The Morgan fingerprint density at radius 1 is 1.19 bits per heavy atom. The molecule has 0 radical (unpaired) electrons. The Morgan fingerprint density at radius 3 is 2.19 bits per heavy atom. The fourth-order valence-corrected chi connectivity index (χ4v) is 2.98. The number of rotatable bonds is 2. The van der Waals surface area contributed by atoms with E-state index in [4.69, 9.17) is 5.73 Å². The van der Waals surface area contributed by atoms with Gasteiger partial charge in [-0.1, -0.05) is 13.8 Å². The quantitative estimate of drug-likeness (QED) is 0.774. The van der Waals surface area contributed by atoms with Gasteiger partial charge in [-0.25, -0.2) is 0 Å². The van der Waals surface area contributed by atoms with Crippen molar-refractivity contribution >= 4 is 5.91 Å². The maximum Gasteiger partial charge on any atom is 0.225 e. The summed E-state index contributed by atoms with van der Waals surface area (Å²) in [4.78, 5) is 14.0. The van der Waals surface area contributed by atoms with Crippen molar-refractivity contribution in [3.05, 3.63) is 0 Å². The third kappa shape index (κ3) is 2.40. The zero-order chi connectivity index (χ0) is 11.7. The van der Waals surface area contributed by atoms with Crippen molar-refractivity contribution in [2.24, 2.45) is 23.5 Å². The minimum atomic E-state index is 0.232. The molecule has 3 heteroatoms. The summed E-state index contributed by atoms with van der Waals surface area (Å²) in [5.41, 5.74) is 5.70. The van der Waals surface area contributed by atoms with E-state index in [1.165, 1.54) is 12.8 Å². The molecule has 0 bridgehead atoms. The Balaban J connectivity index is 1.78. The summed E-state index contributed by atoms with van der Waals surface area (Å²) in [6, 6.07) is 0.232. The van der Waals surface area contributed by atoms with E-state index in [0.717, 1.165) is 37.8 Å². The number of nitrogens with two attached hydrogens (primary N) is 1. The van der Waals surface area contributed by atoms with E-state index in [1.807, 2.05) is 4.90 Å². The van der Waals surface area contributed by atoms with Gasteiger partial charge in [0.15, 0.2) is 0 Å². The first kappa shape index (κ1) is 11.9. The van der Waals surface area contributed by atoms with Gasteiger partial charge in [0.25, 0.3) is 0 Å². The lowest BCUT2D eigenvalue weighted by molar-refractivity contribution is -0.141. The molecule has 1 saturated heterocycles. The molecule has 92 valence electrons. The molecule has 0 aromatic rings. The lowest BCUT2D eigenvalue weighted by atomic mass is 9.76. The van der Waals surface area contributed by atoms with E-state index in [9.17, 15) is 4.79 Å². The highest BCUT2D eigenvalue weighted by atomic mass is 16.2. The van der Waals surface area contributed by atoms with Crippen LogP contribution in [0.25, 0.3) is 0 Å². The van der Waals surface area contributed by atoms with Crippen LogP contribution in [0.4, 0.5) is 0 Å². The van der Waals surface area contributed by atoms with E-state index in [0.29, 0.717) is 11.8 Å². The summed E-state index contributed by atoms with van der Waals surface area (Å²) in [6.45, 7) is 6.15. The Hall–Kier alpha value is -0.570. The average molecular weight is 224 g/mol. The summed E-state index contributed by atoms with van der Waals surface area (Å²) in [7, 11) is 0. The third-order valence-corrected chi connectivity index (χ3v) is 4.29. The maximum atomic E-state index is 12.1. The highest BCUT2D eigenvalue weighted by molar-refractivity contribution is 5.79. The summed E-state index contributed by atoms with van der Waals surface area (Å²) in [6.07, 6.45) is 4.64. The molecule has 1 saturated carbocycles. The zero-order valence-corrected chi connectivity index (χ0v) is 10.5. The second-order valence-corrected chi connectivity index (χ2v) is 5.86. The van der Waals surface area contributed by atoms with Gasteiger partial charge < -0.3 is 10.6 Å². The predicted octanol–water partition coefficient (Wildman–Crippen LogP) is 1.62. The fourth-order valence-electron chi connectivity index (χ4n) is 2.98. The van der Waals surface area contributed by atoms with Gasteiger partial charge in [-0.3, -0.25) is 4.79 Å². The molecule has 0 atom stereocenters. The number of nitrogens with zero attached hydrogens (tertiary/aromatic N) is 1. The molecule has 2 aliphatic rings. The zero-order valence-electron chi connectivity index (χ0n) is 10.5. The van der Waals surface area contributed by atoms with Crippen LogP contribution in [0.1, 0.15) is 39.5 Å². The van der Waals surface area contributed by atoms with E-state index < -0.39 is 0 Å². The van der Waals surface area contributed by atoms with Crippen LogP contribution in [0.15, 0.2) is 0 Å². The Kier molecular flexibility index (Phi) is 3.53. The molecule has 2 rings (SSSR count). The lowest BCUT2D eigenvalue weighted by Gasteiger charge is -2.40. The summed E-state index contributed by atoms with van der Waals surface area (Å²) >= 11 is 0. The first-order valence-corrected chi connectivity index (χ1v) is 6.62. The van der Waals surface area contributed by atoms with Crippen molar-refractivity contribution in [1.82, 2.24) is 4.90 Å². The number of carbonyl (C=O) groups excluding carboxylic acids is 1. The van der Waals surface area contributed by atoms with Crippen molar-refractivity contribution in [2.75, 3.05) is 13.1 Å². The number of likely N-dealkylation sites (tertiary alicyclic amines) is 1. The number of hydrogen-bond donors (Lipinski definition) is 1. The van der Waals surface area contributed by atoms with Crippen LogP contribution in [0.5, 0.6) is 0 Å². The monoisotopic (exact) mass is 224 g/mol. The molecule has 3 nitrogen and oxygen atoms in total. The largest absolute Gasteiger partial charge is 0.339 e. The first-order chi connectivity index (χ1) is 7.58. The maximum absolute atomic E-state index is 12.1. The minimum absolute atomic E-state index is 0.232. The fraction of sp³-hybridized carbons (Fsp3) is 0.923. The third-order valence-electron chi connectivity index (χ3n) is 4.29. The van der Waals surface area contributed by atoms with Crippen molar-refractivity contribution in [2.45, 2.75) is 45.6 Å². The number of hydrogen-bond acceptors (Lipinski definition) is 2. The standard InChI is InChI=1S/C13H24N2O/c1-9(2)10-3-5-11(6-4-10)13(16)15-7-12(14)8-15/h9-12H,3-8,14H2,1-2H3. The summed E-state index contributed by atoms with van der Waals surface area (Å²) < 4.78 is 0. The Bertz CT molecular complexity index is 251. The van der Waals surface area contributed by atoms with E-state index >= 15 is 0 Å². The van der Waals surface area contributed by atoms with E-state index in [1.54, 1.807) is 0 Å². The van der Waals surface area contributed by atoms with Gasteiger partial charge in [0, 0.05) is 25.0 Å². The Morgan fingerprint density at radius 2 is 1.75 bits per heavy atom. The normalized spacial score (nSPS) is 31.6. The predicted molar refractivity (Wildman–Crippen MR) is 64.8 cm³/mol. The summed E-state index contributed by atoms with van der Waals surface area (Å²) in [5.74, 6) is 2.27. The second-order valence-electron chi connectivity index (χ2n) is 5.86. The molecule has 0 aromatic heterocycles. The molecule has 1 amide bonds. The molecule has 0 aromatic carbocycles. The molecule has 0 spiro atoms. The van der Waals surface area contributed by atoms with Crippen molar-refractivity contribution in [1.29, 1.82) is 0 Å². The van der Waals surface area contributed by atoms with Gasteiger partial charge in [0.1, 0.15) is 0 Å².